The van der Waals surface area contributed by atoms with Crippen LogP contribution in [0.5, 0.6) is 0 Å². The molecule has 0 bridgehead atoms. The number of nitrogens with two attached hydrogens (primary N) is 1. The molecule has 1 atom stereocenters. The van der Waals surface area contributed by atoms with Gasteiger partial charge in [-0.05, 0) is 61.1 Å². The molecule has 0 radical (unpaired) electrons. The van der Waals surface area contributed by atoms with Gasteiger partial charge in [-0.3, -0.25) is 11.3 Å². The summed E-state index contributed by atoms with van der Waals surface area (Å²) < 4.78 is 12.9. The topological polar surface area (TPSA) is 38.0 Å². The Bertz CT molecular complexity index is 564. The minimum atomic E-state index is -0.208. The molecule has 0 aromatic heterocycles. The highest BCUT2D eigenvalue weighted by Crippen LogP contribution is 2.13. The lowest BCUT2D eigenvalue weighted by molar-refractivity contribution is 0.521. The molecule has 0 aliphatic rings. The van der Waals surface area contributed by atoms with Crippen molar-refractivity contribution < 1.29 is 4.39 Å². The zero-order valence-corrected chi connectivity index (χ0v) is 12.0. The molecule has 0 fully saturated rings. The molecule has 20 heavy (non-hydrogen) atoms. The summed E-state index contributed by atoms with van der Waals surface area (Å²) >= 11 is 0. The zero-order chi connectivity index (χ0) is 14.5. The van der Waals surface area contributed by atoms with Gasteiger partial charge in [0.1, 0.15) is 5.82 Å². The molecule has 0 spiro atoms. The summed E-state index contributed by atoms with van der Waals surface area (Å²) in [5.41, 5.74) is 7.79. The van der Waals surface area contributed by atoms with Gasteiger partial charge in [0.2, 0.25) is 0 Å². The Balaban J connectivity index is 2.04. The van der Waals surface area contributed by atoms with Crippen LogP contribution >= 0.6 is 0 Å². The van der Waals surface area contributed by atoms with Crippen LogP contribution < -0.4 is 11.3 Å². The van der Waals surface area contributed by atoms with E-state index in [4.69, 9.17) is 5.84 Å². The predicted molar refractivity (Wildman–Crippen MR) is 80.8 cm³/mol. The second-order valence-corrected chi connectivity index (χ2v) is 5.32. The Morgan fingerprint density at radius 1 is 0.950 bits per heavy atom. The van der Waals surface area contributed by atoms with Gasteiger partial charge in [0.25, 0.3) is 0 Å². The first-order valence-corrected chi connectivity index (χ1v) is 6.85. The van der Waals surface area contributed by atoms with E-state index in [-0.39, 0.29) is 11.9 Å². The van der Waals surface area contributed by atoms with E-state index in [0.717, 1.165) is 18.4 Å². The number of benzene rings is 2. The summed E-state index contributed by atoms with van der Waals surface area (Å²) in [7, 11) is 0. The molecular formula is C17H21FN2. The van der Waals surface area contributed by atoms with Gasteiger partial charge in [-0.15, -0.1) is 0 Å². The minimum Gasteiger partial charge on any atom is -0.271 e. The van der Waals surface area contributed by atoms with Crippen LogP contribution in [-0.2, 0) is 12.8 Å². The highest BCUT2D eigenvalue weighted by molar-refractivity contribution is 5.30. The monoisotopic (exact) mass is 272 g/mol. The lowest BCUT2D eigenvalue weighted by Crippen LogP contribution is -2.38. The van der Waals surface area contributed by atoms with Crippen molar-refractivity contribution in [2.45, 2.75) is 32.7 Å². The number of hydrogen-bond donors (Lipinski definition) is 2. The van der Waals surface area contributed by atoms with Crippen molar-refractivity contribution in [1.29, 1.82) is 0 Å². The second-order valence-electron chi connectivity index (χ2n) is 5.32. The Kier molecular flexibility index (Phi) is 4.88. The molecule has 0 aliphatic heterocycles. The maximum Gasteiger partial charge on any atom is 0.123 e. The Hall–Kier alpha value is -1.71. The number of aryl methyl sites for hydroxylation is 2. The fraction of sp³-hybridized carbons (Fsp3) is 0.294. The lowest BCUT2D eigenvalue weighted by atomic mass is 9.97. The maximum absolute atomic E-state index is 12.9. The summed E-state index contributed by atoms with van der Waals surface area (Å²) in [6.07, 6.45) is 1.64. The Morgan fingerprint density at radius 3 is 2.15 bits per heavy atom. The molecular weight excluding hydrogens is 251 g/mol. The van der Waals surface area contributed by atoms with Crippen LogP contribution in [0.3, 0.4) is 0 Å². The predicted octanol–water partition coefficient (Wildman–Crippen LogP) is 3.06. The van der Waals surface area contributed by atoms with E-state index < -0.39 is 0 Å². The van der Waals surface area contributed by atoms with Gasteiger partial charge in [-0.2, -0.15) is 0 Å². The normalized spacial score (nSPS) is 12.4. The highest BCUT2D eigenvalue weighted by Gasteiger charge is 2.09. The quantitative estimate of drug-likeness (QED) is 0.648. The van der Waals surface area contributed by atoms with Gasteiger partial charge >= 0.3 is 0 Å². The summed E-state index contributed by atoms with van der Waals surface area (Å²) in [5.74, 6) is 5.43. The van der Waals surface area contributed by atoms with Crippen LogP contribution in [0, 0.1) is 19.7 Å². The van der Waals surface area contributed by atoms with Crippen molar-refractivity contribution in [2.24, 2.45) is 5.84 Å². The smallest absolute Gasteiger partial charge is 0.123 e. The molecule has 2 rings (SSSR count). The standard InChI is InChI=1S/C17H21FN2/c1-12-3-4-15(9-13(12)2)11-17(20-19)10-14-5-7-16(18)8-6-14/h3-9,17,20H,10-11,19H2,1-2H3. The fourth-order valence-corrected chi connectivity index (χ4v) is 2.31. The average Bonchev–Trinajstić information content (AvgIpc) is 2.44. The first-order valence-electron chi connectivity index (χ1n) is 6.85. The number of hydrogen-bond acceptors (Lipinski definition) is 2. The van der Waals surface area contributed by atoms with Crippen molar-refractivity contribution >= 4 is 0 Å². The number of nitrogens with one attached hydrogen (secondary N) is 1. The highest BCUT2D eigenvalue weighted by atomic mass is 19.1. The minimum absolute atomic E-state index is 0.141. The summed E-state index contributed by atoms with van der Waals surface area (Å²) in [6, 6.07) is 13.2. The van der Waals surface area contributed by atoms with Crippen molar-refractivity contribution in [1.82, 2.24) is 5.43 Å². The molecule has 106 valence electrons. The molecule has 3 heteroatoms. The van der Waals surface area contributed by atoms with Crippen LogP contribution in [0.2, 0.25) is 0 Å². The van der Waals surface area contributed by atoms with Crippen LogP contribution in [0.25, 0.3) is 0 Å². The van der Waals surface area contributed by atoms with Gasteiger partial charge in [0.15, 0.2) is 0 Å². The Morgan fingerprint density at radius 2 is 1.55 bits per heavy atom. The molecule has 0 aliphatic carbocycles. The van der Waals surface area contributed by atoms with E-state index in [1.807, 2.05) is 0 Å². The second kappa shape index (κ2) is 6.64. The van der Waals surface area contributed by atoms with Crippen LogP contribution in [0.1, 0.15) is 22.3 Å². The van der Waals surface area contributed by atoms with E-state index in [1.54, 1.807) is 12.1 Å². The van der Waals surface area contributed by atoms with E-state index in [2.05, 4.69) is 37.5 Å². The van der Waals surface area contributed by atoms with Gasteiger partial charge in [-0.1, -0.05) is 30.3 Å². The molecule has 0 saturated carbocycles. The molecule has 1 unspecified atom stereocenters. The van der Waals surface area contributed by atoms with Crippen molar-refractivity contribution in [3.8, 4) is 0 Å². The molecule has 2 nitrogen and oxygen atoms in total. The third kappa shape index (κ3) is 3.89. The molecule has 0 amide bonds. The first-order chi connectivity index (χ1) is 9.58. The lowest BCUT2D eigenvalue weighted by Gasteiger charge is -2.17. The SMILES string of the molecule is Cc1ccc(CC(Cc2ccc(F)cc2)NN)cc1C. The van der Waals surface area contributed by atoms with E-state index in [0.29, 0.717) is 0 Å². The van der Waals surface area contributed by atoms with Crippen LogP contribution in [-0.4, -0.2) is 6.04 Å². The molecule has 2 aromatic rings. The van der Waals surface area contributed by atoms with Gasteiger partial charge in [-0.25, -0.2) is 4.39 Å². The van der Waals surface area contributed by atoms with Crippen LogP contribution in [0.4, 0.5) is 4.39 Å². The molecule has 2 aromatic carbocycles. The van der Waals surface area contributed by atoms with E-state index in [1.165, 1.54) is 28.8 Å². The van der Waals surface area contributed by atoms with E-state index in [9.17, 15) is 4.39 Å². The summed E-state index contributed by atoms with van der Waals surface area (Å²) in [6.45, 7) is 4.22. The van der Waals surface area contributed by atoms with Crippen molar-refractivity contribution in [3.63, 3.8) is 0 Å². The number of rotatable bonds is 5. The van der Waals surface area contributed by atoms with Gasteiger partial charge < -0.3 is 0 Å². The summed E-state index contributed by atoms with van der Waals surface area (Å²) in [5, 5.41) is 0. The van der Waals surface area contributed by atoms with Crippen molar-refractivity contribution in [3.05, 3.63) is 70.5 Å². The van der Waals surface area contributed by atoms with Gasteiger partial charge in [0, 0.05) is 6.04 Å². The third-order valence-corrected chi connectivity index (χ3v) is 3.68. The van der Waals surface area contributed by atoms with Crippen LogP contribution in [0.15, 0.2) is 42.5 Å². The largest absolute Gasteiger partial charge is 0.271 e. The summed E-state index contributed by atoms with van der Waals surface area (Å²) in [4.78, 5) is 0. The third-order valence-electron chi connectivity index (χ3n) is 3.68. The fourth-order valence-electron chi connectivity index (χ4n) is 2.31. The molecule has 3 N–H and O–H groups in total. The zero-order valence-electron chi connectivity index (χ0n) is 12.0. The molecule has 0 heterocycles. The Labute approximate surface area is 119 Å². The van der Waals surface area contributed by atoms with Crippen molar-refractivity contribution in [2.75, 3.05) is 0 Å². The van der Waals surface area contributed by atoms with Gasteiger partial charge in [0.05, 0.1) is 0 Å². The molecule has 0 saturated heterocycles. The maximum atomic E-state index is 12.9. The number of halogens is 1. The van der Waals surface area contributed by atoms with E-state index >= 15 is 0 Å². The number of hydrazine groups is 1. The average molecular weight is 272 g/mol. The first kappa shape index (κ1) is 14.7.